The zero-order valence-electron chi connectivity index (χ0n) is 9.93. The van der Waals surface area contributed by atoms with E-state index >= 15 is 0 Å². The predicted octanol–water partition coefficient (Wildman–Crippen LogP) is 1.40. The van der Waals surface area contributed by atoms with Crippen LogP contribution < -0.4 is 5.76 Å². The average Bonchev–Trinajstić information content (AvgIpc) is 2.91. The highest BCUT2D eigenvalue weighted by molar-refractivity contribution is 5.74. The summed E-state index contributed by atoms with van der Waals surface area (Å²) in [5.74, 6) is 0.138. The topological polar surface area (TPSA) is 55.4 Å². The van der Waals surface area contributed by atoms with E-state index in [2.05, 4.69) is 6.92 Å². The van der Waals surface area contributed by atoms with Crippen molar-refractivity contribution in [3.8, 4) is 0 Å². The highest BCUT2D eigenvalue weighted by atomic mass is 16.4. The lowest BCUT2D eigenvalue weighted by atomic mass is 9.94. The van der Waals surface area contributed by atoms with Crippen molar-refractivity contribution in [2.75, 3.05) is 6.61 Å². The fourth-order valence-electron chi connectivity index (χ4n) is 2.65. The third-order valence-electron chi connectivity index (χ3n) is 4.10. The number of rotatable bonds is 2. The summed E-state index contributed by atoms with van der Waals surface area (Å²) in [5, 5.41) is 9.51. The van der Waals surface area contributed by atoms with Crippen molar-refractivity contribution in [2.24, 2.45) is 13.0 Å². The van der Waals surface area contributed by atoms with E-state index in [1.807, 2.05) is 18.2 Å². The first kappa shape index (κ1) is 10.6. The summed E-state index contributed by atoms with van der Waals surface area (Å²) in [7, 11) is 1.69. The van der Waals surface area contributed by atoms with Crippen LogP contribution in [0.15, 0.2) is 27.4 Å². The van der Waals surface area contributed by atoms with Crippen LogP contribution in [0.5, 0.6) is 0 Å². The first-order valence-corrected chi connectivity index (χ1v) is 5.79. The molecule has 0 bridgehead atoms. The Morgan fingerprint density at radius 1 is 1.59 bits per heavy atom. The number of benzene rings is 1. The number of aryl methyl sites for hydroxylation is 1. The van der Waals surface area contributed by atoms with Crippen LogP contribution in [0, 0.1) is 5.92 Å². The molecule has 4 heteroatoms. The molecule has 1 saturated carbocycles. The van der Waals surface area contributed by atoms with Gasteiger partial charge >= 0.3 is 5.76 Å². The second-order valence-electron chi connectivity index (χ2n) is 5.03. The number of fused-ring (bicyclic) bond motifs is 1. The second-order valence-corrected chi connectivity index (χ2v) is 5.03. The van der Waals surface area contributed by atoms with Crippen LogP contribution in [0.2, 0.25) is 0 Å². The molecule has 0 radical (unpaired) electrons. The smallest absolute Gasteiger partial charge is 0.408 e. The van der Waals surface area contributed by atoms with Crippen molar-refractivity contribution in [2.45, 2.75) is 18.8 Å². The minimum atomic E-state index is -0.348. The Bertz CT molecular complexity index is 636. The first-order chi connectivity index (χ1) is 8.08. The number of aliphatic hydroxyl groups excluding tert-OH is 1. The van der Waals surface area contributed by atoms with E-state index in [1.54, 1.807) is 7.05 Å². The van der Waals surface area contributed by atoms with Crippen molar-refractivity contribution < 1.29 is 9.52 Å². The van der Waals surface area contributed by atoms with Crippen LogP contribution in [0.4, 0.5) is 0 Å². The van der Waals surface area contributed by atoms with Crippen LogP contribution in [0.3, 0.4) is 0 Å². The van der Waals surface area contributed by atoms with Gasteiger partial charge in [0.1, 0.15) is 0 Å². The SMILES string of the molecule is CC1CC1(CO)c1ccc2c(c1)oc(=O)n2C. The number of hydrogen-bond donors (Lipinski definition) is 1. The van der Waals surface area contributed by atoms with Gasteiger partial charge in [-0.3, -0.25) is 4.57 Å². The van der Waals surface area contributed by atoms with Crippen LogP contribution in [0.25, 0.3) is 11.1 Å². The van der Waals surface area contributed by atoms with E-state index in [4.69, 9.17) is 4.42 Å². The van der Waals surface area contributed by atoms with Gasteiger partial charge < -0.3 is 9.52 Å². The minimum Gasteiger partial charge on any atom is -0.408 e. The molecule has 0 saturated heterocycles. The van der Waals surface area contributed by atoms with E-state index < -0.39 is 0 Å². The monoisotopic (exact) mass is 233 g/mol. The minimum absolute atomic E-state index is 0.122. The largest absolute Gasteiger partial charge is 0.419 e. The number of hydrogen-bond acceptors (Lipinski definition) is 3. The van der Waals surface area contributed by atoms with Gasteiger partial charge in [0.25, 0.3) is 0 Å². The fraction of sp³-hybridized carbons (Fsp3) is 0.462. The molecule has 0 spiro atoms. The second kappa shape index (κ2) is 3.23. The first-order valence-electron chi connectivity index (χ1n) is 5.79. The molecule has 4 nitrogen and oxygen atoms in total. The van der Waals surface area contributed by atoms with Gasteiger partial charge in [-0.1, -0.05) is 13.0 Å². The summed E-state index contributed by atoms with van der Waals surface area (Å²) in [6.45, 7) is 2.28. The summed E-state index contributed by atoms with van der Waals surface area (Å²) in [5.41, 5.74) is 2.33. The van der Waals surface area contributed by atoms with E-state index in [0.29, 0.717) is 11.5 Å². The molecule has 2 atom stereocenters. The van der Waals surface area contributed by atoms with Crippen molar-refractivity contribution in [3.05, 3.63) is 34.3 Å². The van der Waals surface area contributed by atoms with E-state index in [0.717, 1.165) is 17.5 Å². The summed E-state index contributed by atoms with van der Waals surface area (Å²) in [6, 6.07) is 5.76. The lowest BCUT2D eigenvalue weighted by molar-refractivity contribution is 0.247. The fourth-order valence-corrected chi connectivity index (χ4v) is 2.65. The van der Waals surface area contributed by atoms with Crippen molar-refractivity contribution in [3.63, 3.8) is 0 Å². The third kappa shape index (κ3) is 1.30. The number of oxazole rings is 1. The van der Waals surface area contributed by atoms with E-state index in [-0.39, 0.29) is 17.8 Å². The average molecular weight is 233 g/mol. The molecule has 2 aromatic rings. The Kier molecular flexibility index (Phi) is 2.01. The highest BCUT2D eigenvalue weighted by Gasteiger charge is 2.51. The van der Waals surface area contributed by atoms with Crippen molar-refractivity contribution in [1.29, 1.82) is 0 Å². The molecule has 90 valence electrons. The summed E-state index contributed by atoms with van der Waals surface area (Å²) in [6.07, 6.45) is 0.992. The van der Waals surface area contributed by atoms with Gasteiger partial charge in [0.05, 0.1) is 12.1 Å². The van der Waals surface area contributed by atoms with Crippen LogP contribution >= 0.6 is 0 Å². The van der Waals surface area contributed by atoms with E-state index in [1.165, 1.54) is 4.57 Å². The molecule has 0 amide bonds. The van der Waals surface area contributed by atoms with Crippen molar-refractivity contribution >= 4 is 11.1 Å². The molecule has 3 rings (SSSR count). The van der Waals surface area contributed by atoms with Crippen LogP contribution in [-0.2, 0) is 12.5 Å². The summed E-state index contributed by atoms with van der Waals surface area (Å²) >= 11 is 0. The van der Waals surface area contributed by atoms with Gasteiger partial charge in [0.2, 0.25) is 0 Å². The molecule has 2 unspecified atom stereocenters. The Balaban J connectivity index is 2.18. The molecule has 1 heterocycles. The lowest BCUT2D eigenvalue weighted by Crippen LogP contribution is -2.14. The molecule has 1 aliphatic carbocycles. The maximum absolute atomic E-state index is 11.4. The van der Waals surface area contributed by atoms with Gasteiger partial charge in [-0.15, -0.1) is 0 Å². The maximum Gasteiger partial charge on any atom is 0.419 e. The lowest BCUT2D eigenvalue weighted by Gasteiger charge is -2.13. The molecule has 0 aliphatic heterocycles. The standard InChI is InChI=1S/C13H15NO3/c1-8-6-13(8,7-15)9-3-4-10-11(5-9)17-12(16)14(10)2/h3-5,8,15H,6-7H2,1-2H3. The van der Waals surface area contributed by atoms with Gasteiger partial charge in [-0.2, -0.15) is 0 Å². The quantitative estimate of drug-likeness (QED) is 0.853. The predicted molar refractivity (Wildman–Crippen MR) is 64.0 cm³/mol. The molecule has 1 fully saturated rings. The number of nitrogens with zero attached hydrogens (tertiary/aromatic N) is 1. The van der Waals surface area contributed by atoms with Gasteiger partial charge in [-0.25, -0.2) is 4.79 Å². The maximum atomic E-state index is 11.4. The summed E-state index contributed by atoms with van der Waals surface area (Å²) < 4.78 is 6.65. The molecule has 17 heavy (non-hydrogen) atoms. The Morgan fingerprint density at radius 3 is 2.88 bits per heavy atom. The summed E-state index contributed by atoms with van der Waals surface area (Å²) in [4.78, 5) is 11.4. The van der Waals surface area contributed by atoms with Gasteiger partial charge in [0, 0.05) is 12.5 Å². The van der Waals surface area contributed by atoms with Gasteiger partial charge in [-0.05, 0) is 30.0 Å². The zero-order chi connectivity index (χ0) is 12.2. The number of aromatic nitrogens is 1. The van der Waals surface area contributed by atoms with Crippen molar-refractivity contribution in [1.82, 2.24) is 4.57 Å². The molecular weight excluding hydrogens is 218 g/mol. The molecule has 1 aliphatic rings. The van der Waals surface area contributed by atoms with Crippen LogP contribution in [0.1, 0.15) is 18.9 Å². The normalized spacial score (nSPS) is 27.6. The molecule has 1 N–H and O–H groups in total. The zero-order valence-corrected chi connectivity index (χ0v) is 9.93. The Labute approximate surface area is 98.5 Å². The molecule has 1 aromatic heterocycles. The van der Waals surface area contributed by atoms with Crippen LogP contribution in [-0.4, -0.2) is 16.3 Å². The molecular formula is C13H15NO3. The van der Waals surface area contributed by atoms with Gasteiger partial charge in [0.15, 0.2) is 5.58 Å². The van der Waals surface area contributed by atoms with E-state index in [9.17, 15) is 9.90 Å². The number of aliphatic hydroxyl groups is 1. The molecule has 1 aromatic carbocycles. The highest BCUT2D eigenvalue weighted by Crippen LogP contribution is 2.53. The Morgan fingerprint density at radius 2 is 2.29 bits per heavy atom. The Hall–Kier alpha value is -1.55. The third-order valence-corrected chi connectivity index (χ3v) is 4.10.